The van der Waals surface area contributed by atoms with Gasteiger partial charge in [-0.25, -0.2) is 4.79 Å². The maximum absolute atomic E-state index is 12.7. The number of amides is 2. The van der Waals surface area contributed by atoms with Crippen LogP contribution in [0.25, 0.3) is 0 Å². The average Bonchev–Trinajstić information content (AvgIpc) is 3.06. The molecule has 0 radical (unpaired) electrons. The first kappa shape index (κ1) is 15.6. The lowest BCUT2D eigenvalue weighted by molar-refractivity contribution is 0.00701. The molecule has 1 atom stereocenters. The van der Waals surface area contributed by atoms with Gasteiger partial charge in [0.2, 0.25) is 0 Å². The fourth-order valence-electron chi connectivity index (χ4n) is 2.65. The second kappa shape index (κ2) is 6.83. The number of pyridine rings is 1. The number of nitrogens with zero attached hydrogens (tertiary/aromatic N) is 2. The molecule has 0 spiro atoms. The highest BCUT2D eigenvalue weighted by molar-refractivity contribution is 5.90. The summed E-state index contributed by atoms with van der Waals surface area (Å²) >= 11 is 0. The maximum Gasteiger partial charge on any atom is 0.322 e. The van der Waals surface area contributed by atoms with Gasteiger partial charge in [-0.15, -0.1) is 0 Å². The zero-order valence-corrected chi connectivity index (χ0v) is 13.4. The van der Waals surface area contributed by atoms with Crippen LogP contribution in [0.5, 0.6) is 0 Å². The Balaban J connectivity index is 1.78. The number of carbonyl (C=O) groups is 1. The van der Waals surface area contributed by atoms with E-state index in [1.54, 1.807) is 23.4 Å². The van der Waals surface area contributed by atoms with Gasteiger partial charge in [0, 0.05) is 31.0 Å². The van der Waals surface area contributed by atoms with Crippen LogP contribution < -0.4 is 5.32 Å². The van der Waals surface area contributed by atoms with Gasteiger partial charge in [0.1, 0.15) is 17.6 Å². The van der Waals surface area contributed by atoms with Crippen molar-refractivity contribution < 1.29 is 13.9 Å². The van der Waals surface area contributed by atoms with E-state index in [1.165, 1.54) is 0 Å². The summed E-state index contributed by atoms with van der Waals surface area (Å²) in [5.41, 5.74) is 1.70. The molecule has 1 unspecified atom stereocenters. The van der Waals surface area contributed by atoms with Crippen molar-refractivity contribution in [3.63, 3.8) is 0 Å². The summed E-state index contributed by atoms with van der Waals surface area (Å²) in [7, 11) is 0. The highest BCUT2D eigenvalue weighted by Crippen LogP contribution is 2.27. The van der Waals surface area contributed by atoms with E-state index in [1.807, 2.05) is 26.0 Å². The van der Waals surface area contributed by atoms with Gasteiger partial charge >= 0.3 is 6.03 Å². The van der Waals surface area contributed by atoms with E-state index < -0.39 is 0 Å². The third-order valence-electron chi connectivity index (χ3n) is 4.01. The maximum atomic E-state index is 12.7. The van der Waals surface area contributed by atoms with Crippen LogP contribution in [0.2, 0.25) is 0 Å². The first-order chi connectivity index (χ1) is 11.2. The molecule has 3 rings (SSSR count). The molecule has 1 saturated heterocycles. The van der Waals surface area contributed by atoms with Crippen molar-refractivity contribution in [2.75, 3.05) is 25.1 Å². The molecule has 122 valence electrons. The van der Waals surface area contributed by atoms with Gasteiger partial charge in [-0.3, -0.25) is 4.98 Å². The number of nitrogens with one attached hydrogen (secondary N) is 1. The molecule has 6 nitrogen and oxygen atoms in total. The number of hydrogen-bond donors (Lipinski definition) is 1. The number of urea groups is 1. The van der Waals surface area contributed by atoms with Crippen LogP contribution in [0.3, 0.4) is 0 Å². The zero-order chi connectivity index (χ0) is 16.2. The smallest absolute Gasteiger partial charge is 0.322 e. The summed E-state index contributed by atoms with van der Waals surface area (Å²) in [6.07, 6.45) is 4.22. The first-order valence-corrected chi connectivity index (χ1v) is 7.83. The molecule has 2 amide bonds. The Bertz CT molecular complexity index is 683. The summed E-state index contributed by atoms with van der Waals surface area (Å²) in [5.74, 6) is 1.68. The molecule has 1 N–H and O–H groups in total. The third kappa shape index (κ3) is 3.37. The molecule has 0 aromatic carbocycles. The van der Waals surface area contributed by atoms with Crippen LogP contribution >= 0.6 is 0 Å². The number of rotatable bonds is 3. The lowest BCUT2D eigenvalue weighted by atomic mass is 10.2. The second-order valence-electron chi connectivity index (χ2n) is 5.56. The largest absolute Gasteiger partial charge is 0.464 e. The average molecular weight is 315 g/mol. The SMILES string of the molecule is CCc1ccc(C2COCCN2C(=O)Nc2ccncc2C)o1. The van der Waals surface area contributed by atoms with Crippen molar-refractivity contribution in [1.82, 2.24) is 9.88 Å². The lowest BCUT2D eigenvalue weighted by Gasteiger charge is -2.34. The molecular weight excluding hydrogens is 294 g/mol. The Hall–Kier alpha value is -2.34. The van der Waals surface area contributed by atoms with Crippen molar-refractivity contribution >= 4 is 11.7 Å². The normalized spacial score (nSPS) is 18.0. The lowest BCUT2D eigenvalue weighted by Crippen LogP contribution is -2.45. The predicted octanol–water partition coefficient (Wildman–Crippen LogP) is 3.15. The Kier molecular flexibility index (Phi) is 4.62. The number of aromatic nitrogens is 1. The molecule has 3 heterocycles. The number of morpholine rings is 1. The van der Waals surface area contributed by atoms with Crippen molar-refractivity contribution in [2.24, 2.45) is 0 Å². The first-order valence-electron chi connectivity index (χ1n) is 7.83. The van der Waals surface area contributed by atoms with E-state index in [4.69, 9.17) is 9.15 Å². The van der Waals surface area contributed by atoms with Crippen LogP contribution in [0.4, 0.5) is 10.5 Å². The van der Waals surface area contributed by atoms with Gasteiger partial charge in [-0.1, -0.05) is 6.92 Å². The van der Waals surface area contributed by atoms with Gasteiger partial charge in [0.25, 0.3) is 0 Å². The Morgan fingerprint density at radius 3 is 3.04 bits per heavy atom. The van der Waals surface area contributed by atoms with Crippen molar-refractivity contribution in [2.45, 2.75) is 26.3 Å². The third-order valence-corrected chi connectivity index (χ3v) is 4.01. The standard InChI is InChI=1S/C17H21N3O3/c1-3-13-4-5-16(23-13)15-11-22-9-8-20(15)17(21)19-14-6-7-18-10-12(14)2/h4-7,10,15H,3,8-9,11H2,1-2H3,(H,18,19,21). The molecule has 0 aliphatic carbocycles. The highest BCUT2D eigenvalue weighted by Gasteiger charge is 2.31. The van der Waals surface area contributed by atoms with E-state index in [0.717, 1.165) is 29.2 Å². The number of furan rings is 1. The fraction of sp³-hybridized carbons (Fsp3) is 0.412. The minimum Gasteiger partial charge on any atom is -0.464 e. The Morgan fingerprint density at radius 2 is 2.30 bits per heavy atom. The van der Waals surface area contributed by atoms with Gasteiger partial charge in [0.05, 0.1) is 13.2 Å². The van der Waals surface area contributed by atoms with Crippen LogP contribution in [-0.2, 0) is 11.2 Å². The fourth-order valence-corrected chi connectivity index (χ4v) is 2.65. The van der Waals surface area contributed by atoms with E-state index in [2.05, 4.69) is 10.3 Å². The summed E-state index contributed by atoms with van der Waals surface area (Å²) in [6.45, 7) is 5.46. The van der Waals surface area contributed by atoms with E-state index >= 15 is 0 Å². The van der Waals surface area contributed by atoms with E-state index in [9.17, 15) is 4.79 Å². The summed E-state index contributed by atoms with van der Waals surface area (Å²) in [5, 5.41) is 2.95. The van der Waals surface area contributed by atoms with Gasteiger partial charge in [-0.2, -0.15) is 0 Å². The quantitative estimate of drug-likeness (QED) is 0.945. The number of anilines is 1. The molecule has 2 aromatic rings. The Labute approximate surface area is 135 Å². The van der Waals surface area contributed by atoms with Crippen molar-refractivity contribution in [1.29, 1.82) is 0 Å². The van der Waals surface area contributed by atoms with Crippen LogP contribution in [0.1, 0.15) is 30.0 Å². The van der Waals surface area contributed by atoms with Gasteiger partial charge in [0.15, 0.2) is 0 Å². The summed E-state index contributed by atoms with van der Waals surface area (Å²) in [6, 6.07) is 5.32. The molecule has 0 bridgehead atoms. The number of aryl methyl sites for hydroxylation is 2. The molecular formula is C17H21N3O3. The van der Waals surface area contributed by atoms with E-state index in [0.29, 0.717) is 19.8 Å². The summed E-state index contributed by atoms with van der Waals surface area (Å²) in [4.78, 5) is 18.5. The molecule has 23 heavy (non-hydrogen) atoms. The minimum atomic E-state index is -0.203. The zero-order valence-electron chi connectivity index (χ0n) is 13.4. The molecule has 1 aliphatic heterocycles. The number of hydrogen-bond acceptors (Lipinski definition) is 4. The molecule has 0 saturated carbocycles. The highest BCUT2D eigenvalue weighted by atomic mass is 16.5. The van der Waals surface area contributed by atoms with E-state index in [-0.39, 0.29) is 12.1 Å². The topological polar surface area (TPSA) is 67.6 Å². The van der Waals surface area contributed by atoms with Gasteiger partial charge < -0.3 is 19.4 Å². The second-order valence-corrected chi connectivity index (χ2v) is 5.56. The predicted molar refractivity (Wildman–Crippen MR) is 86.3 cm³/mol. The Morgan fingerprint density at radius 1 is 1.43 bits per heavy atom. The van der Waals surface area contributed by atoms with Crippen LogP contribution in [0.15, 0.2) is 35.0 Å². The molecule has 2 aromatic heterocycles. The van der Waals surface area contributed by atoms with Gasteiger partial charge in [-0.05, 0) is 30.7 Å². The monoisotopic (exact) mass is 315 g/mol. The molecule has 1 aliphatic rings. The molecule has 6 heteroatoms. The summed E-state index contributed by atoms with van der Waals surface area (Å²) < 4.78 is 11.4. The number of carbonyl (C=O) groups excluding carboxylic acids is 1. The van der Waals surface area contributed by atoms with Crippen molar-refractivity contribution in [3.8, 4) is 0 Å². The number of ether oxygens (including phenoxy) is 1. The van der Waals surface area contributed by atoms with Crippen molar-refractivity contribution in [3.05, 3.63) is 47.7 Å². The van der Waals surface area contributed by atoms with Crippen LogP contribution in [-0.4, -0.2) is 35.7 Å². The minimum absolute atomic E-state index is 0.151. The molecule has 1 fully saturated rings. The van der Waals surface area contributed by atoms with Crippen LogP contribution in [0, 0.1) is 6.92 Å².